The second-order valence-corrected chi connectivity index (χ2v) is 5.68. The van der Waals surface area contributed by atoms with E-state index >= 15 is 0 Å². The fraction of sp³-hybridized carbons (Fsp3) is 0.133. The first-order valence-electron chi connectivity index (χ1n) is 6.78. The third-order valence-corrected chi connectivity index (χ3v) is 4.08. The summed E-state index contributed by atoms with van der Waals surface area (Å²) in [7, 11) is 0. The number of benzene rings is 1. The summed E-state index contributed by atoms with van der Waals surface area (Å²) in [4.78, 5) is 35.9. The maximum absolute atomic E-state index is 12.3. The number of nitrogens with one attached hydrogen (secondary N) is 1. The summed E-state index contributed by atoms with van der Waals surface area (Å²) in [5, 5.41) is 2.13. The molecule has 118 valence electrons. The van der Waals surface area contributed by atoms with Gasteiger partial charge in [-0.05, 0) is 35.0 Å². The van der Waals surface area contributed by atoms with E-state index < -0.39 is 17.4 Å². The molecule has 0 aliphatic carbocycles. The van der Waals surface area contributed by atoms with Crippen LogP contribution in [0.5, 0.6) is 5.75 Å². The molecule has 3 N–H and O–H groups in total. The summed E-state index contributed by atoms with van der Waals surface area (Å²) >= 11 is 3.36. The average molecular weight is 378 g/mol. The zero-order chi connectivity index (χ0) is 16.7. The van der Waals surface area contributed by atoms with Crippen molar-refractivity contribution in [1.29, 1.82) is 0 Å². The van der Waals surface area contributed by atoms with Crippen LogP contribution < -0.4 is 21.3 Å². The molecular formula is C15H12BrN3O4. The van der Waals surface area contributed by atoms with Gasteiger partial charge in [-0.1, -0.05) is 0 Å². The van der Waals surface area contributed by atoms with Gasteiger partial charge in [-0.15, -0.1) is 0 Å². The monoisotopic (exact) mass is 377 g/mol. The van der Waals surface area contributed by atoms with Crippen molar-refractivity contribution in [1.82, 2.24) is 9.88 Å². The second kappa shape index (κ2) is 5.54. The molecule has 1 aliphatic heterocycles. The quantitative estimate of drug-likeness (QED) is 0.788. The van der Waals surface area contributed by atoms with E-state index in [0.29, 0.717) is 18.0 Å². The fourth-order valence-electron chi connectivity index (χ4n) is 2.44. The van der Waals surface area contributed by atoms with Gasteiger partial charge >= 0.3 is 0 Å². The minimum absolute atomic E-state index is 0.00380. The first kappa shape index (κ1) is 15.3. The molecule has 2 amide bonds. The van der Waals surface area contributed by atoms with E-state index in [1.807, 2.05) is 6.92 Å². The normalized spacial score (nSPS) is 13.0. The van der Waals surface area contributed by atoms with Crippen molar-refractivity contribution in [2.75, 3.05) is 12.3 Å². The number of rotatable bonds is 3. The number of imide groups is 1. The molecule has 0 atom stereocenters. The number of fused-ring (bicyclic) bond motifs is 1. The van der Waals surface area contributed by atoms with Crippen molar-refractivity contribution in [2.45, 2.75) is 6.92 Å². The van der Waals surface area contributed by atoms with E-state index in [1.165, 1.54) is 4.57 Å². The van der Waals surface area contributed by atoms with E-state index in [-0.39, 0.29) is 16.9 Å². The number of halogens is 1. The molecule has 0 spiro atoms. The number of anilines is 1. The minimum Gasteiger partial charge on any atom is -0.493 e. The number of ether oxygens (including phenoxy) is 1. The van der Waals surface area contributed by atoms with Crippen LogP contribution in [0.15, 0.2) is 33.5 Å². The molecular weight excluding hydrogens is 366 g/mol. The lowest BCUT2D eigenvalue weighted by Crippen LogP contribution is -2.24. The number of hydrogen-bond acceptors (Lipinski definition) is 5. The molecule has 0 fully saturated rings. The van der Waals surface area contributed by atoms with Crippen LogP contribution in [-0.2, 0) is 0 Å². The van der Waals surface area contributed by atoms with Crippen molar-refractivity contribution in [3.05, 3.63) is 50.2 Å². The summed E-state index contributed by atoms with van der Waals surface area (Å²) < 4.78 is 7.37. The molecule has 8 heteroatoms. The summed E-state index contributed by atoms with van der Waals surface area (Å²) in [6, 6.07) is 6.11. The number of carbonyl (C=O) groups excluding carboxylic acids is 2. The van der Waals surface area contributed by atoms with Crippen molar-refractivity contribution in [3.8, 4) is 11.4 Å². The van der Waals surface area contributed by atoms with E-state index in [9.17, 15) is 14.4 Å². The Kier molecular flexibility index (Phi) is 3.69. The summed E-state index contributed by atoms with van der Waals surface area (Å²) in [5.74, 6) is -0.775. The third-order valence-electron chi connectivity index (χ3n) is 3.43. The molecule has 0 radical (unpaired) electrons. The van der Waals surface area contributed by atoms with Crippen LogP contribution in [0.4, 0.5) is 5.82 Å². The highest BCUT2D eigenvalue weighted by Gasteiger charge is 2.31. The predicted octanol–water partition coefficient (Wildman–Crippen LogP) is 1.46. The molecule has 1 aromatic carbocycles. The molecule has 0 saturated heterocycles. The lowest BCUT2D eigenvalue weighted by atomic mass is 10.1. The van der Waals surface area contributed by atoms with E-state index in [2.05, 4.69) is 21.2 Å². The molecule has 3 rings (SSSR count). The Hall–Kier alpha value is -2.61. The topological polar surface area (TPSA) is 103 Å². The molecule has 23 heavy (non-hydrogen) atoms. The van der Waals surface area contributed by atoms with Gasteiger partial charge in [-0.25, -0.2) is 0 Å². The van der Waals surface area contributed by atoms with Gasteiger partial charge in [0.2, 0.25) is 0 Å². The van der Waals surface area contributed by atoms with Crippen LogP contribution in [0.1, 0.15) is 27.6 Å². The third kappa shape index (κ3) is 2.40. The Morgan fingerprint density at radius 3 is 2.65 bits per heavy atom. The first-order chi connectivity index (χ1) is 10.9. The van der Waals surface area contributed by atoms with Crippen LogP contribution in [0, 0.1) is 0 Å². The van der Waals surface area contributed by atoms with E-state index in [4.69, 9.17) is 10.5 Å². The van der Waals surface area contributed by atoms with Gasteiger partial charge in [0.1, 0.15) is 11.6 Å². The standard InChI is InChI=1S/C15H12BrN3O4/c1-2-23-10-5-7(3-4-9(10)16)19-11(20)6-8-12(13(19)17)15(22)18-14(8)21/h3-6H,2,17H2,1H3,(H,18,21,22). The zero-order valence-electron chi connectivity index (χ0n) is 12.1. The maximum Gasteiger partial charge on any atom is 0.262 e. The number of aromatic nitrogens is 1. The Bertz CT molecular complexity index is 904. The highest BCUT2D eigenvalue weighted by atomic mass is 79.9. The molecule has 0 saturated carbocycles. The van der Waals surface area contributed by atoms with Gasteiger partial charge in [0.15, 0.2) is 0 Å². The van der Waals surface area contributed by atoms with Crippen LogP contribution in [0.25, 0.3) is 5.69 Å². The van der Waals surface area contributed by atoms with Gasteiger partial charge < -0.3 is 10.5 Å². The second-order valence-electron chi connectivity index (χ2n) is 4.82. The average Bonchev–Trinajstić information content (AvgIpc) is 2.77. The van der Waals surface area contributed by atoms with Gasteiger partial charge in [0, 0.05) is 12.1 Å². The smallest absolute Gasteiger partial charge is 0.262 e. The largest absolute Gasteiger partial charge is 0.493 e. The van der Waals surface area contributed by atoms with Crippen molar-refractivity contribution < 1.29 is 14.3 Å². The van der Waals surface area contributed by atoms with Crippen LogP contribution in [0.2, 0.25) is 0 Å². The number of nitrogens with zero attached hydrogens (tertiary/aromatic N) is 1. The number of nitrogen functional groups attached to an aromatic ring is 1. The highest BCUT2D eigenvalue weighted by Crippen LogP contribution is 2.29. The maximum atomic E-state index is 12.3. The Labute approximate surface area is 139 Å². The van der Waals surface area contributed by atoms with Gasteiger partial charge in [-0.3, -0.25) is 24.3 Å². The SMILES string of the molecule is CCOc1cc(-n2c(N)c3c(cc2=O)C(=O)NC3=O)ccc1Br. The first-order valence-corrected chi connectivity index (χ1v) is 7.57. The Morgan fingerprint density at radius 2 is 1.96 bits per heavy atom. The Morgan fingerprint density at radius 1 is 1.22 bits per heavy atom. The Balaban J connectivity index is 2.24. The van der Waals surface area contributed by atoms with Crippen molar-refractivity contribution in [2.24, 2.45) is 0 Å². The molecule has 0 unspecified atom stereocenters. The van der Waals surface area contributed by atoms with Gasteiger partial charge in [0.05, 0.1) is 27.9 Å². The van der Waals surface area contributed by atoms with Crippen LogP contribution in [-0.4, -0.2) is 23.0 Å². The fourth-order valence-corrected chi connectivity index (χ4v) is 2.80. The highest BCUT2D eigenvalue weighted by molar-refractivity contribution is 9.10. The molecule has 7 nitrogen and oxygen atoms in total. The molecule has 2 aromatic rings. The lowest BCUT2D eigenvalue weighted by molar-refractivity contribution is 0.0880. The van der Waals surface area contributed by atoms with Crippen molar-refractivity contribution >= 4 is 33.6 Å². The van der Waals surface area contributed by atoms with Crippen LogP contribution in [0.3, 0.4) is 0 Å². The lowest BCUT2D eigenvalue weighted by Gasteiger charge is -2.14. The zero-order valence-corrected chi connectivity index (χ0v) is 13.6. The minimum atomic E-state index is -0.619. The number of nitrogens with two attached hydrogens (primary N) is 1. The molecule has 2 heterocycles. The number of hydrogen-bond donors (Lipinski definition) is 2. The molecule has 1 aliphatic rings. The van der Waals surface area contributed by atoms with Gasteiger partial charge in [0.25, 0.3) is 17.4 Å². The summed E-state index contributed by atoms with van der Waals surface area (Å²) in [6.07, 6.45) is 0. The summed E-state index contributed by atoms with van der Waals surface area (Å²) in [6.45, 7) is 2.29. The van der Waals surface area contributed by atoms with E-state index in [0.717, 1.165) is 10.5 Å². The van der Waals surface area contributed by atoms with Gasteiger partial charge in [-0.2, -0.15) is 0 Å². The van der Waals surface area contributed by atoms with Crippen molar-refractivity contribution in [3.63, 3.8) is 0 Å². The predicted molar refractivity (Wildman–Crippen MR) is 87.1 cm³/mol. The number of carbonyl (C=O) groups is 2. The number of pyridine rings is 1. The van der Waals surface area contributed by atoms with Crippen LogP contribution >= 0.6 is 15.9 Å². The molecule has 1 aromatic heterocycles. The molecule has 0 bridgehead atoms. The summed E-state index contributed by atoms with van der Waals surface area (Å²) in [5.41, 5.74) is 5.92. The number of amides is 2. The van der Waals surface area contributed by atoms with E-state index in [1.54, 1.807) is 18.2 Å².